The zero-order valence-electron chi connectivity index (χ0n) is 17.1. The largest absolute Gasteiger partial charge is 0.433 e. The highest BCUT2D eigenvalue weighted by Crippen LogP contribution is 2.35. The number of fused-ring (bicyclic) bond motifs is 1. The molecule has 0 saturated carbocycles. The van der Waals surface area contributed by atoms with E-state index in [1.165, 1.54) is 29.1 Å². The summed E-state index contributed by atoms with van der Waals surface area (Å²) in [6, 6.07) is 10.9. The van der Waals surface area contributed by atoms with Crippen molar-refractivity contribution < 1.29 is 23.1 Å². The predicted octanol–water partition coefficient (Wildman–Crippen LogP) is 2.58. The van der Waals surface area contributed by atoms with Crippen molar-refractivity contribution in [3.8, 4) is 11.1 Å². The van der Waals surface area contributed by atoms with Gasteiger partial charge in [-0.05, 0) is 35.4 Å². The van der Waals surface area contributed by atoms with E-state index >= 15 is 0 Å². The lowest BCUT2D eigenvalue weighted by atomic mass is 10.0. The molecule has 0 fully saturated rings. The van der Waals surface area contributed by atoms with E-state index in [0.717, 1.165) is 6.20 Å². The number of aromatic nitrogens is 4. The molecule has 2 aromatic carbocycles. The summed E-state index contributed by atoms with van der Waals surface area (Å²) in [6.07, 6.45) is -2.21. The topological polar surface area (TPSA) is 113 Å². The minimum absolute atomic E-state index is 0.127. The van der Waals surface area contributed by atoms with Crippen LogP contribution in [-0.4, -0.2) is 43.9 Å². The molecule has 0 aliphatic carbocycles. The molecule has 0 spiro atoms. The Labute approximate surface area is 184 Å². The Kier molecular flexibility index (Phi) is 5.97. The summed E-state index contributed by atoms with van der Waals surface area (Å²) in [5.74, 6) is -0.347. The fourth-order valence-electron chi connectivity index (χ4n) is 3.44. The molecule has 1 amide bonds. The van der Waals surface area contributed by atoms with E-state index in [9.17, 15) is 22.8 Å². The first-order valence-corrected chi connectivity index (χ1v) is 9.86. The van der Waals surface area contributed by atoms with E-state index in [0.29, 0.717) is 11.1 Å². The molecule has 0 aliphatic heterocycles. The van der Waals surface area contributed by atoms with Gasteiger partial charge in [0.2, 0.25) is 0 Å². The number of hydrogen-bond acceptors (Lipinski definition) is 5. The maximum absolute atomic E-state index is 13.2. The van der Waals surface area contributed by atoms with Crippen LogP contribution in [0.15, 0.2) is 59.8 Å². The highest BCUT2D eigenvalue weighted by atomic mass is 19.4. The van der Waals surface area contributed by atoms with Gasteiger partial charge < -0.3 is 10.4 Å². The van der Waals surface area contributed by atoms with Crippen LogP contribution in [0.1, 0.15) is 21.6 Å². The Morgan fingerprint density at radius 2 is 2.00 bits per heavy atom. The number of hydrogen-bond donors (Lipinski definition) is 3. The second kappa shape index (κ2) is 8.87. The van der Waals surface area contributed by atoms with Crippen LogP contribution in [0.4, 0.5) is 13.2 Å². The number of rotatable bonds is 6. The molecular weight excluding hydrogens is 439 g/mol. The summed E-state index contributed by atoms with van der Waals surface area (Å²) in [4.78, 5) is 29.3. The average molecular weight is 457 g/mol. The lowest BCUT2D eigenvalue weighted by molar-refractivity contribution is -0.140. The summed E-state index contributed by atoms with van der Waals surface area (Å²) < 4.78 is 40.9. The molecule has 11 heteroatoms. The van der Waals surface area contributed by atoms with Gasteiger partial charge in [0.1, 0.15) is 5.69 Å². The number of carbonyl (C=O) groups excluding carboxylic acids is 1. The van der Waals surface area contributed by atoms with Crippen molar-refractivity contribution in [3.05, 3.63) is 82.2 Å². The lowest BCUT2D eigenvalue weighted by Gasteiger charge is -2.10. The lowest BCUT2D eigenvalue weighted by Crippen LogP contribution is -2.26. The van der Waals surface area contributed by atoms with E-state index in [2.05, 4.69) is 15.4 Å². The maximum Gasteiger partial charge on any atom is 0.433 e. The fraction of sp³-hybridized carbons (Fsp3) is 0.182. The Balaban J connectivity index is 1.64. The van der Waals surface area contributed by atoms with Crippen molar-refractivity contribution in [1.82, 2.24) is 25.1 Å². The number of nitrogens with one attached hydrogen (secondary N) is 2. The number of alkyl halides is 3. The Hall–Kier alpha value is -3.99. The number of halogens is 3. The van der Waals surface area contributed by atoms with Crippen LogP contribution < -0.4 is 10.9 Å². The predicted molar refractivity (Wildman–Crippen MR) is 114 cm³/mol. The van der Waals surface area contributed by atoms with Crippen molar-refractivity contribution >= 4 is 16.8 Å². The zero-order valence-corrected chi connectivity index (χ0v) is 17.1. The second-order valence-electron chi connectivity index (χ2n) is 7.25. The average Bonchev–Trinajstić information content (AvgIpc) is 3.30. The monoisotopic (exact) mass is 457 g/mol. The van der Waals surface area contributed by atoms with Crippen molar-refractivity contribution in [2.75, 3.05) is 13.2 Å². The van der Waals surface area contributed by atoms with Crippen LogP contribution in [0.2, 0.25) is 0 Å². The molecule has 3 N–H and O–H groups in total. The fourth-order valence-corrected chi connectivity index (χ4v) is 3.44. The summed E-state index contributed by atoms with van der Waals surface area (Å²) >= 11 is 0. The highest BCUT2D eigenvalue weighted by Gasteiger charge is 2.36. The van der Waals surface area contributed by atoms with Gasteiger partial charge in [-0.1, -0.05) is 18.2 Å². The van der Waals surface area contributed by atoms with Crippen molar-refractivity contribution in [2.45, 2.75) is 12.7 Å². The Bertz CT molecular complexity index is 1380. The van der Waals surface area contributed by atoms with E-state index < -0.39 is 11.9 Å². The first-order chi connectivity index (χ1) is 15.8. The van der Waals surface area contributed by atoms with Crippen molar-refractivity contribution in [3.63, 3.8) is 0 Å². The Morgan fingerprint density at radius 1 is 1.18 bits per heavy atom. The molecular formula is C22H18F3N5O3. The van der Waals surface area contributed by atoms with Gasteiger partial charge in [0.15, 0.2) is 0 Å². The first-order valence-electron chi connectivity index (χ1n) is 9.86. The minimum Gasteiger partial charge on any atom is -0.395 e. The number of nitrogens with zero attached hydrogens (tertiary/aromatic N) is 3. The number of amides is 1. The molecule has 8 nitrogen and oxygen atoms in total. The molecule has 2 heterocycles. The smallest absolute Gasteiger partial charge is 0.395 e. The zero-order chi connectivity index (χ0) is 23.6. The van der Waals surface area contributed by atoms with Gasteiger partial charge in [0.25, 0.3) is 11.5 Å². The first kappa shape index (κ1) is 22.2. The molecule has 0 aliphatic rings. The third-order valence-electron chi connectivity index (χ3n) is 5.00. The summed E-state index contributed by atoms with van der Waals surface area (Å²) in [7, 11) is 0. The molecule has 0 saturated heterocycles. The summed E-state index contributed by atoms with van der Waals surface area (Å²) in [5, 5.41) is 17.1. The number of H-pyrrole nitrogens is 1. The van der Waals surface area contributed by atoms with Crippen LogP contribution in [-0.2, 0) is 12.7 Å². The molecule has 33 heavy (non-hydrogen) atoms. The molecule has 4 rings (SSSR count). The van der Waals surface area contributed by atoms with Gasteiger partial charge in [-0.2, -0.15) is 18.3 Å². The van der Waals surface area contributed by atoms with E-state index in [4.69, 9.17) is 5.11 Å². The molecule has 4 aromatic rings. The SMILES string of the molecule is O=C(NCCO)c1cccc(Cn2cnc3cc(-c4cn[nH]c4C(F)(F)F)ccc3c2=O)c1. The van der Waals surface area contributed by atoms with Gasteiger partial charge in [-0.15, -0.1) is 0 Å². The molecule has 2 aromatic heterocycles. The van der Waals surface area contributed by atoms with Gasteiger partial charge in [0, 0.05) is 17.7 Å². The van der Waals surface area contributed by atoms with Crippen LogP contribution in [0.3, 0.4) is 0 Å². The van der Waals surface area contributed by atoms with Crippen molar-refractivity contribution in [1.29, 1.82) is 0 Å². The van der Waals surface area contributed by atoms with Gasteiger partial charge >= 0.3 is 6.18 Å². The number of aromatic amines is 1. The third-order valence-corrected chi connectivity index (χ3v) is 5.00. The van der Waals surface area contributed by atoms with E-state index in [1.807, 2.05) is 5.10 Å². The number of benzene rings is 2. The Morgan fingerprint density at radius 3 is 2.76 bits per heavy atom. The summed E-state index contributed by atoms with van der Waals surface area (Å²) in [6.45, 7) is 0.0936. The van der Waals surface area contributed by atoms with Gasteiger partial charge in [0.05, 0.1) is 36.6 Å². The van der Waals surface area contributed by atoms with Gasteiger partial charge in [-0.3, -0.25) is 19.3 Å². The third kappa shape index (κ3) is 4.62. The van der Waals surface area contributed by atoms with Crippen LogP contribution in [0, 0.1) is 0 Å². The molecule has 0 unspecified atom stereocenters. The number of carbonyl (C=O) groups is 1. The second-order valence-corrected chi connectivity index (χ2v) is 7.25. The molecule has 0 atom stereocenters. The van der Waals surface area contributed by atoms with Crippen LogP contribution >= 0.6 is 0 Å². The van der Waals surface area contributed by atoms with E-state index in [-0.39, 0.29) is 53.2 Å². The van der Waals surface area contributed by atoms with Gasteiger partial charge in [-0.25, -0.2) is 4.98 Å². The van der Waals surface area contributed by atoms with E-state index in [1.54, 1.807) is 24.3 Å². The number of aliphatic hydroxyl groups is 1. The molecule has 0 radical (unpaired) electrons. The molecule has 170 valence electrons. The highest BCUT2D eigenvalue weighted by molar-refractivity contribution is 5.94. The van der Waals surface area contributed by atoms with Crippen LogP contribution in [0.25, 0.3) is 22.0 Å². The quantitative estimate of drug-likeness (QED) is 0.412. The maximum atomic E-state index is 13.2. The number of aliphatic hydroxyl groups excluding tert-OH is 1. The van der Waals surface area contributed by atoms with Crippen molar-refractivity contribution in [2.24, 2.45) is 0 Å². The summed E-state index contributed by atoms with van der Waals surface area (Å²) in [5.41, 5.74) is 0.0671. The normalized spacial score (nSPS) is 11.6. The molecule has 0 bridgehead atoms. The standard InChI is InChI=1S/C22H18F3N5O3/c23-22(24,25)19-17(10-28-29-19)14-4-5-16-18(9-14)27-12-30(21(16)33)11-13-2-1-3-15(8-13)20(32)26-6-7-31/h1-5,8-10,12,31H,6-7,11H2,(H,26,32)(H,28,29). The van der Waals surface area contributed by atoms with Crippen LogP contribution in [0.5, 0.6) is 0 Å². The minimum atomic E-state index is -4.60.